The highest BCUT2D eigenvalue weighted by Gasteiger charge is 2.22. The smallest absolute Gasteiger partial charge is 0.191 e. The van der Waals surface area contributed by atoms with E-state index in [4.69, 9.17) is 9.15 Å². The number of nitrogens with one attached hydrogen (secondary N) is 2. The van der Waals surface area contributed by atoms with E-state index in [1.54, 1.807) is 13.2 Å². The second-order valence-corrected chi connectivity index (χ2v) is 7.43. The van der Waals surface area contributed by atoms with Crippen LogP contribution in [0.2, 0.25) is 0 Å². The molecule has 1 aliphatic heterocycles. The summed E-state index contributed by atoms with van der Waals surface area (Å²) in [5, 5.41) is 12.1. The Morgan fingerprint density at radius 1 is 1.43 bits per heavy atom. The molecule has 0 fully saturated rings. The maximum absolute atomic E-state index is 13.5. The van der Waals surface area contributed by atoms with Gasteiger partial charge in [0.2, 0.25) is 0 Å². The zero-order valence-corrected chi connectivity index (χ0v) is 17.5. The summed E-state index contributed by atoms with van der Waals surface area (Å²) < 4.78 is 26.5. The first kappa shape index (κ1) is 20.3. The van der Waals surface area contributed by atoms with Crippen LogP contribution in [-0.4, -0.2) is 40.4 Å². The molecule has 3 aromatic rings. The van der Waals surface area contributed by atoms with E-state index >= 15 is 0 Å². The number of aliphatic imine (C=N–C) groups is 1. The summed E-state index contributed by atoms with van der Waals surface area (Å²) >= 11 is 0. The second-order valence-electron chi connectivity index (χ2n) is 7.43. The van der Waals surface area contributed by atoms with Crippen LogP contribution in [0, 0.1) is 12.7 Å². The van der Waals surface area contributed by atoms with Crippen LogP contribution in [0.3, 0.4) is 0 Å². The molecule has 2 aromatic heterocycles. The van der Waals surface area contributed by atoms with E-state index in [1.807, 2.05) is 18.5 Å². The van der Waals surface area contributed by atoms with Gasteiger partial charge < -0.3 is 19.8 Å². The largest absolute Gasteiger partial charge is 0.459 e. The minimum absolute atomic E-state index is 0.193. The highest BCUT2D eigenvalue weighted by molar-refractivity contribution is 5.82. The molecule has 0 saturated carbocycles. The number of ether oxygens (including phenoxy) is 1. The van der Waals surface area contributed by atoms with Gasteiger partial charge in [-0.3, -0.25) is 0 Å². The zero-order valence-electron chi connectivity index (χ0n) is 17.5. The van der Waals surface area contributed by atoms with Crippen molar-refractivity contribution in [3.8, 4) is 0 Å². The molecule has 1 atom stereocenters. The normalized spacial score (nSPS) is 16.7. The van der Waals surface area contributed by atoms with Gasteiger partial charge in [0.1, 0.15) is 36.1 Å². The predicted octanol–water partition coefficient (Wildman–Crippen LogP) is 2.69. The highest BCUT2D eigenvalue weighted by atomic mass is 19.1. The number of nitrogens with zero attached hydrogens (tertiary/aromatic N) is 4. The number of furan rings is 1. The standard InChI is InChI=1S/C21H27FN6O2/c1-4-23-21(24-10-18-13(2)16-9-14(22)5-7-17(16)30-18)25-15-6-8-20-26-19(12-29-3)27-28(20)11-15/h5,7,9,15H,4,6,8,10-12H2,1-3H3,(H2,23,24,25). The highest BCUT2D eigenvalue weighted by Crippen LogP contribution is 2.26. The lowest BCUT2D eigenvalue weighted by atomic mass is 10.1. The number of aryl methyl sites for hydroxylation is 2. The number of fused-ring (bicyclic) bond motifs is 2. The maximum Gasteiger partial charge on any atom is 0.191 e. The van der Waals surface area contributed by atoms with Crippen LogP contribution in [0.15, 0.2) is 27.6 Å². The predicted molar refractivity (Wildman–Crippen MR) is 112 cm³/mol. The van der Waals surface area contributed by atoms with Crippen molar-refractivity contribution in [2.45, 2.75) is 52.4 Å². The summed E-state index contributed by atoms with van der Waals surface area (Å²) in [5.41, 5.74) is 1.59. The van der Waals surface area contributed by atoms with Crippen molar-refractivity contribution in [2.75, 3.05) is 13.7 Å². The van der Waals surface area contributed by atoms with E-state index < -0.39 is 0 Å². The fourth-order valence-electron chi connectivity index (χ4n) is 3.73. The van der Waals surface area contributed by atoms with E-state index in [1.165, 1.54) is 12.1 Å². The minimum Gasteiger partial charge on any atom is -0.459 e. The van der Waals surface area contributed by atoms with Crippen LogP contribution in [0.1, 0.15) is 36.3 Å². The molecule has 4 rings (SSSR count). The molecule has 1 aliphatic rings. The van der Waals surface area contributed by atoms with Gasteiger partial charge in [-0.05, 0) is 38.5 Å². The zero-order chi connectivity index (χ0) is 21.1. The van der Waals surface area contributed by atoms with E-state index in [9.17, 15) is 4.39 Å². The number of hydrogen-bond donors (Lipinski definition) is 2. The Kier molecular flexibility index (Phi) is 5.98. The van der Waals surface area contributed by atoms with Crippen molar-refractivity contribution in [1.82, 2.24) is 25.4 Å². The lowest BCUT2D eigenvalue weighted by Gasteiger charge is -2.25. The lowest BCUT2D eigenvalue weighted by Crippen LogP contribution is -2.47. The van der Waals surface area contributed by atoms with E-state index in [-0.39, 0.29) is 11.9 Å². The Balaban J connectivity index is 1.46. The average molecular weight is 414 g/mol. The fourth-order valence-corrected chi connectivity index (χ4v) is 3.73. The van der Waals surface area contributed by atoms with E-state index in [0.29, 0.717) is 30.5 Å². The summed E-state index contributed by atoms with van der Waals surface area (Å²) in [6.07, 6.45) is 1.79. The van der Waals surface area contributed by atoms with Crippen molar-refractivity contribution in [2.24, 2.45) is 4.99 Å². The molecule has 0 radical (unpaired) electrons. The Morgan fingerprint density at radius 2 is 2.30 bits per heavy atom. The number of methoxy groups -OCH3 is 1. The summed E-state index contributed by atoms with van der Waals surface area (Å²) in [5.74, 6) is 2.89. The first-order valence-electron chi connectivity index (χ1n) is 10.2. The van der Waals surface area contributed by atoms with Gasteiger partial charge in [0, 0.05) is 37.1 Å². The van der Waals surface area contributed by atoms with Crippen LogP contribution in [0.25, 0.3) is 11.0 Å². The molecule has 30 heavy (non-hydrogen) atoms. The molecule has 8 nitrogen and oxygen atoms in total. The molecular weight excluding hydrogens is 387 g/mol. The summed E-state index contributed by atoms with van der Waals surface area (Å²) in [4.78, 5) is 9.21. The quantitative estimate of drug-likeness (QED) is 0.476. The molecule has 0 spiro atoms. The molecular formula is C21H27FN6O2. The van der Waals surface area contributed by atoms with Crippen molar-refractivity contribution in [3.63, 3.8) is 0 Å². The lowest BCUT2D eigenvalue weighted by molar-refractivity contribution is 0.177. The van der Waals surface area contributed by atoms with Crippen LogP contribution in [0.5, 0.6) is 0 Å². The van der Waals surface area contributed by atoms with Gasteiger partial charge in [0.25, 0.3) is 0 Å². The molecule has 1 aromatic carbocycles. The Morgan fingerprint density at radius 3 is 3.10 bits per heavy atom. The van der Waals surface area contributed by atoms with Crippen LogP contribution in [0.4, 0.5) is 4.39 Å². The topological polar surface area (TPSA) is 89.5 Å². The van der Waals surface area contributed by atoms with Gasteiger partial charge in [0.15, 0.2) is 11.8 Å². The second kappa shape index (κ2) is 8.83. The van der Waals surface area contributed by atoms with Crippen LogP contribution >= 0.6 is 0 Å². The number of rotatable bonds is 6. The van der Waals surface area contributed by atoms with Crippen LogP contribution < -0.4 is 10.6 Å². The first-order chi connectivity index (χ1) is 14.6. The van der Waals surface area contributed by atoms with Gasteiger partial charge in [0.05, 0.1) is 6.54 Å². The molecule has 0 bridgehead atoms. The van der Waals surface area contributed by atoms with Crippen molar-refractivity contribution < 1.29 is 13.5 Å². The molecule has 160 valence electrons. The van der Waals surface area contributed by atoms with Gasteiger partial charge in [-0.15, -0.1) is 0 Å². The third-order valence-corrected chi connectivity index (χ3v) is 5.24. The number of aromatic nitrogens is 3. The molecule has 3 heterocycles. The van der Waals surface area contributed by atoms with E-state index in [2.05, 4.69) is 25.7 Å². The minimum atomic E-state index is -0.269. The molecule has 1 unspecified atom stereocenters. The van der Waals surface area contributed by atoms with Crippen molar-refractivity contribution in [3.05, 3.63) is 47.0 Å². The van der Waals surface area contributed by atoms with Crippen molar-refractivity contribution in [1.29, 1.82) is 0 Å². The Bertz CT molecular complexity index is 1060. The SMILES string of the molecule is CCNC(=NCc1oc2ccc(F)cc2c1C)NC1CCc2nc(COC)nn2C1. The van der Waals surface area contributed by atoms with Gasteiger partial charge in [-0.25, -0.2) is 19.0 Å². The number of halogens is 1. The molecule has 9 heteroatoms. The number of hydrogen-bond acceptors (Lipinski definition) is 5. The first-order valence-corrected chi connectivity index (χ1v) is 10.2. The average Bonchev–Trinajstić information content (AvgIpc) is 3.27. The van der Waals surface area contributed by atoms with Gasteiger partial charge in [-0.1, -0.05) is 0 Å². The monoisotopic (exact) mass is 414 g/mol. The Hall–Kier alpha value is -2.94. The third-order valence-electron chi connectivity index (χ3n) is 5.24. The molecule has 0 aliphatic carbocycles. The third kappa shape index (κ3) is 4.30. The Labute approximate surface area is 174 Å². The number of benzene rings is 1. The molecule has 2 N–H and O–H groups in total. The van der Waals surface area contributed by atoms with E-state index in [0.717, 1.165) is 48.5 Å². The molecule has 0 amide bonds. The maximum atomic E-state index is 13.5. The van der Waals surface area contributed by atoms with Crippen LogP contribution in [-0.2, 0) is 30.9 Å². The summed E-state index contributed by atoms with van der Waals surface area (Å²) in [6, 6.07) is 4.76. The fraction of sp³-hybridized carbons (Fsp3) is 0.476. The van der Waals surface area contributed by atoms with Crippen molar-refractivity contribution >= 4 is 16.9 Å². The molecule has 0 saturated heterocycles. The van der Waals surface area contributed by atoms with Gasteiger partial charge >= 0.3 is 0 Å². The van der Waals surface area contributed by atoms with Gasteiger partial charge in [-0.2, -0.15) is 5.10 Å². The summed E-state index contributed by atoms with van der Waals surface area (Å²) in [7, 11) is 1.64. The number of guanidine groups is 1. The summed E-state index contributed by atoms with van der Waals surface area (Å²) in [6.45, 7) is 6.22.